The highest BCUT2D eigenvalue weighted by atomic mass is 16.2. The van der Waals surface area contributed by atoms with Crippen LogP contribution in [0.25, 0.3) is 0 Å². The van der Waals surface area contributed by atoms with E-state index in [1.807, 2.05) is 0 Å². The molecule has 2 saturated carbocycles. The predicted molar refractivity (Wildman–Crippen MR) is 49.1 cm³/mol. The molecule has 4 heteroatoms. The lowest BCUT2D eigenvalue weighted by Crippen LogP contribution is -2.56. The summed E-state index contributed by atoms with van der Waals surface area (Å²) in [6, 6.07) is 0. The van der Waals surface area contributed by atoms with E-state index in [9.17, 15) is 9.59 Å². The van der Waals surface area contributed by atoms with Crippen LogP contribution < -0.4 is 5.73 Å². The van der Waals surface area contributed by atoms with Crippen molar-refractivity contribution >= 4 is 11.8 Å². The van der Waals surface area contributed by atoms with E-state index >= 15 is 0 Å². The van der Waals surface area contributed by atoms with Crippen LogP contribution in [0, 0.1) is 11.8 Å². The molecule has 76 valence electrons. The quantitative estimate of drug-likeness (QED) is 0.623. The van der Waals surface area contributed by atoms with Gasteiger partial charge in [0.25, 0.3) is 0 Å². The topological polar surface area (TPSA) is 63.4 Å². The van der Waals surface area contributed by atoms with Crippen LogP contribution in [-0.2, 0) is 9.59 Å². The fourth-order valence-electron chi connectivity index (χ4n) is 2.51. The van der Waals surface area contributed by atoms with Gasteiger partial charge in [0.1, 0.15) is 0 Å². The molecule has 0 aromatic carbocycles. The fourth-order valence-corrected chi connectivity index (χ4v) is 2.51. The van der Waals surface area contributed by atoms with Gasteiger partial charge in [-0.3, -0.25) is 14.5 Å². The van der Waals surface area contributed by atoms with E-state index in [2.05, 4.69) is 0 Å². The van der Waals surface area contributed by atoms with Crippen molar-refractivity contribution in [2.75, 3.05) is 6.54 Å². The smallest absolute Gasteiger partial charge is 0.233 e. The van der Waals surface area contributed by atoms with Crippen LogP contribution in [0.4, 0.5) is 0 Å². The van der Waals surface area contributed by atoms with E-state index in [4.69, 9.17) is 5.73 Å². The molecule has 2 N–H and O–H groups in total. The molecule has 1 aliphatic heterocycles. The highest BCUT2D eigenvalue weighted by molar-refractivity contribution is 6.08. The number of hydrogen-bond acceptors (Lipinski definition) is 3. The lowest BCUT2D eigenvalue weighted by Gasteiger charge is -2.40. The molecule has 0 radical (unpaired) electrons. The summed E-state index contributed by atoms with van der Waals surface area (Å²) in [5.41, 5.74) is 5.76. The predicted octanol–water partition coefficient (Wildman–Crippen LogP) is -0.127. The Hall–Kier alpha value is -0.900. The first-order valence-electron chi connectivity index (χ1n) is 5.25. The maximum absolute atomic E-state index is 11.6. The lowest BCUT2D eigenvalue weighted by atomic mass is 9.77. The number of amides is 2. The van der Waals surface area contributed by atoms with Gasteiger partial charge in [-0.1, -0.05) is 0 Å². The monoisotopic (exact) mass is 194 g/mol. The third kappa shape index (κ3) is 0.974. The summed E-state index contributed by atoms with van der Waals surface area (Å²) >= 11 is 0. The van der Waals surface area contributed by atoms with Gasteiger partial charge in [0.15, 0.2) is 0 Å². The van der Waals surface area contributed by atoms with Crippen LogP contribution in [0.2, 0.25) is 0 Å². The Balaban J connectivity index is 1.73. The summed E-state index contributed by atoms with van der Waals surface area (Å²) < 4.78 is 0. The molecule has 3 rings (SSSR count). The first-order chi connectivity index (χ1) is 6.61. The molecule has 1 saturated heterocycles. The molecule has 2 unspecified atom stereocenters. The Morgan fingerprint density at radius 3 is 2.29 bits per heavy atom. The van der Waals surface area contributed by atoms with E-state index in [0.717, 1.165) is 25.7 Å². The van der Waals surface area contributed by atoms with Crippen molar-refractivity contribution in [3.63, 3.8) is 0 Å². The summed E-state index contributed by atoms with van der Waals surface area (Å²) in [5.74, 6) is 0.0887. The number of nitrogens with zero attached hydrogens (tertiary/aromatic N) is 1. The average molecular weight is 194 g/mol. The van der Waals surface area contributed by atoms with Crippen LogP contribution in [0.1, 0.15) is 25.7 Å². The lowest BCUT2D eigenvalue weighted by molar-refractivity contribution is -0.142. The van der Waals surface area contributed by atoms with Crippen LogP contribution in [0.15, 0.2) is 0 Å². The number of fused-ring (bicyclic) bond motifs is 1. The second-order valence-electron chi connectivity index (χ2n) is 4.93. The van der Waals surface area contributed by atoms with E-state index in [1.165, 1.54) is 4.90 Å². The van der Waals surface area contributed by atoms with Gasteiger partial charge in [-0.15, -0.1) is 0 Å². The Kier molecular flexibility index (Phi) is 1.42. The van der Waals surface area contributed by atoms with E-state index in [0.29, 0.717) is 6.54 Å². The molecular formula is C10H14N2O2. The molecule has 2 aliphatic carbocycles. The van der Waals surface area contributed by atoms with Gasteiger partial charge in [0, 0.05) is 12.1 Å². The van der Waals surface area contributed by atoms with Crippen molar-refractivity contribution in [1.29, 1.82) is 0 Å². The maximum atomic E-state index is 11.6. The van der Waals surface area contributed by atoms with E-state index in [1.54, 1.807) is 0 Å². The molecule has 4 nitrogen and oxygen atoms in total. The molecule has 2 atom stereocenters. The van der Waals surface area contributed by atoms with Crippen molar-refractivity contribution < 1.29 is 9.59 Å². The van der Waals surface area contributed by atoms with Gasteiger partial charge in [0.2, 0.25) is 11.8 Å². The zero-order valence-corrected chi connectivity index (χ0v) is 8.03. The summed E-state index contributed by atoms with van der Waals surface area (Å²) in [5, 5.41) is 0. The number of rotatable bonds is 2. The Labute approximate surface area is 82.4 Å². The Morgan fingerprint density at radius 1 is 1.29 bits per heavy atom. The number of likely N-dealkylation sites (tertiary alicyclic amines) is 1. The minimum atomic E-state index is -0.262. The van der Waals surface area contributed by atoms with Crippen molar-refractivity contribution in [1.82, 2.24) is 4.90 Å². The number of nitrogens with two attached hydrogens (primary N) is 1. The van der Waals surface area contributed by atoms with Gasteiger partial charge in [-0.25, -0.2) is 0 Å². The third-order valence-electron chi connectivity index (χ3n) is 3.78. The molecular weight excluding hydrogens is 180 g/mol. The normalized spacial score (nSPS) is 38.2. The molecule has 3 fully saturated rings. The first-order valence-corrected chi connectivity index (χ1v) is 5.25. The zero-order chi connectivity index (χ0) is 9.92. The van der Waals surface area contributed by atoms with Gasteiger partial charge >= 0.3 is 0 Å². The molecule has 0 spiro atoms. The maximum Gasteiger partial charge on any atom is 0.233 e. The van der Waals surface area contributed by atoms with Gasteiger partial charge in [-0.05, 0) is 25.7 Å². The van der Waals surface area contributed by atoms with Crippen molar-refractivity contribution in [3.8, 4) is 0 Å². The van der Waals surface area contributed by atoms with Crippen molar-refractivity contribution in [2.24, 2.45) is 17.6 Å². The standard InChI is InChI=1S/C10H14N2O2/c11-10(2-1-3-10)5-12-8(13)6-4-7(6)9(12)14/h6-7H,1-5,11H2. The SMILES string of the molecule is NC1(CN2C(=O)C3CC3C2=O)CCC1. The number of carbonyl (C=O) groups excluding carboxylic acids is 2. The van der Waals surface area contributed by atoms with Crippen LogP contribution >= 0.6 is 0 Å². The van der Waals surface area contributed by atoms with Crippen molar-refractivity contribution in [2.45, 2.75) is 31.2 Å². The third-order valence-corrected chi connectivity index (χ3v) is 3.78. The summed E-state index contributed by atoms with van der Waals surface area (Å²) in [4.78, 5) is 24.7. The minimum Gasteiger partial charge on any atom is -0.324 e. The summed E-state index contributed by atoms with van der Waals surface area (Å²) in [7, 11) is 0. The molecule has 0 aromatic heterocycles. The average Bonchev–Trinajstić information content (AvgIpc) is 2.84. The summed E-state index contributed by atoms with van der Waals surface area (Å²) in [6.45, 7) is 0.456. The number of piperidine rings is 1. The van der Waals surface area contributed by atoms with Crippen molar-refractivity contribution in [3.05, 3.63) is 0 Å². The fraction of sp³-hybridized carbons (Fsp3) is 0.800. The second-order valence-corrected chi connectivity index (χ2v) is 4.93. The molecule has 14 heavy (non-hydrogen) atoms. The highest BCUT2D eigenvalue weighted by Crippen LogP contribution is 2.47. The number of hydrogen-bond donors (Lipinski definition) is 1. The molecule has 1 heterocycles. The van der Waals surface area contributed by atoms with Gasteiger partial charge in [0.05, 0.1) is 11.8 Å². The molecule has 0 bridgehead atoms. The van der Waals surface area contributed by atoms with E-state index < -0.39 is 0 Å². The van der Waals surface area contributed by atoms with Crippen LogP contribution in [0.5, 0.6) is 0 Å². The van der Waals surface area contributed by atoms with Crippen LogP contribution in [-0.4, -0.2) is 28.8 Å². The Morgan fingerprint density at radius 2 is 1.86 bits per heavy atom. The first kappa shape index (κ1) is 8.41. The number of imide groups is 1. The zero-order valence-electron chi connectivity index (χ0n) is 8.03. The largest absolute Gasteiger partial charge is 0.324 e. The van der Waals surface area contributed by atoms with Gasteiger partial charge < -0.3 is 5.73 Å². The van der Waals surface area contributed by atoms with Gasteiger partial charge in [-0.2, -0.15) is 0 Å². The van der Waals surface area contributed by atoms with Crippen LogP contribution in [0.3, 0.4) is 0 Å². The summed E-state index contributed by atoms with van der Waals surface area (Å²) in [6.07, 6.45) is 3.80. The second kappa shape index (κ2) is 2.37. The highest BCUT2D eigenvalue weighted by Gasteiger charge is 2.59. The molecule has 0 aromatic rings. The Bertz CT molecular complexity index is 302. The molecule has 3 aliphatic rings. The minimum absolute atomic E-state index is 0.0196. The number of carbonyl (C=O) groups is 2. The molecule has 2 amide bonds. The van der Waals surface area contributed by atoms with E-state index in [-0.39, 0.29) is 29.2 Å².